The van der Waals surface area contributed by atoms with Crippen molar-refractivity contribution in [2.75, 3.05) is 7.11 Å². The van der Waals surface area contributed by atoms with Crippen LogP contribution in [0.3, 0.4) is 0 Å². The number of pyridine rings is 1. The van der Waals surface area contributed by atoms with Gasteiger partial charge in [0.15, 0.2) is 0 Å². The molecule has 2 aromatic heterocycles. The number of methoxy groups -OCH3 is 1. The summed E-state index contributed by atoms with van der Waals surface area (Å²) in [7, 11) is 1.65. The molecule has 21 heavy (non-hydrogen) atoms. The fourth-order valence-corrected chi connectivity index (χ4v) is 2.50. The molecule has 0 saturated carbocycles. The number of benzene rings is 1. The molecule has 0 aliphatic rings. The van der Waals surface area contributed by atoms with Crippen LogP contribution in [0.15, 0.2) is 48.7 Å². The lowest BCUT2D eigenvalue weighted by Crippen LogP contribution is -2.13. The molecular formula is C16H15N3OS. The minimum absolute atomic E-state index is 0.454. The van der Waals surface area contributed by atoms with E-state index >= 15 is 0 Å². The maximum absolute atomic E-state index is 5.74. The first-order valence-electron chi connectivity index (χ1n) is 6.57. The van der Waals surface area contributed by atoms with Gasteiger partial charge in [0.1, 0.15) is 11.4 Å². The third kappa shape index (κ3) is 2.60. The molecule has 0 aliphatic carbocycles. The minimum Gasteiger partial charge on any atom is -0.497 e. The molecule has 0 saturated heterocycles. The first kappa shape index (κ1) is 13.6. The molecule has 1 aromatic carbocycles. The van der Waals surface area contributed by atoms with Crippen LogP contribution in [0.25, 0.3) is 16.9 Å². The van der Waals surface area contributed by atoms with E-state index in [4.69, 9.17) is 27.7 Å². The Morgan fingerprint density at radius 1 is 1.24 bits per heavy atom. The zero-order chi connectivity index (χ0) is 14.8. The third-order valence-electron chi connectivity index (χ3n) is 3.33. The molecule has 0 fully saturated rings. The molecule has 0 spiro atoms. The second-order valence-corrected chi connectivity index (χ2v) is 5.23. The number of nitrogens with zero attached hydrogens (tertiary/aromatic N) is 2. The number of nitrogens with two attached hydrogens (primary N) is 1. The largest absolute Gasteiger partial charge is 0.497 e. The number of thiocarbonyl (C=S) groups is 1. The van der Waals surface area contributed by atoms with Crippen molar-refractivity contribution < 1.29 is 4.74 Å². The fourth-order valence-electron chi connectivity index (χ4n) is 2.36. The molecule has 0 unspecified atom stereocenters. The Balaban J connectivity index is 2.17. The number of rotatable bonds is 4. The summed E-state index contributed by atoms with van der Waals surface area (Å²) in [5, 5.41) is 0. The van der Waals surface area contributed by atoms with Crippen LogP contribution in [-0.4, -0.2) is 21.5 Å². The lowest BCUT2D eigenvalue weighted by Gasteiger charge is -2.05. The van der Waals surface area contributed by atoms with E-state index in [2.05, 4.69) is 0 Å². The number of imidazole rings is 1. The van der Waals surface area contributed by atoms with E-state index in [1.54, 1.807) is 7.11 Å². The Labute approximate surface area is 128 Å². The van der Waals surface area contributed by atoms with E-state index in [1.165, 1.54) is 0 Å². The van der Waals surface area contributed by atoms with Crippen LogP contribution in [0, 0.1) is 0 Å². The van der Waals surface area contributed by atoms with Gasteiger partial charge in [-0.25, -0.2) is 4.98 Å². The van der Waals surface area contributed by atoms with Crippen LogP contribution in [0.1, 0.15) is 5.69 Å². The SMILES string of the molecule is COc1ccc(-c2nc3ccccn3c2CC(N)=S)cc1. The van der Waals surface area contributed by atoms with Crippen LogP contribution in [0.4, 0.5) is 0 Å². The summed E-state index contributed by atoms with van der Waals surface area (Å²) in [5.41, 5.74) is 9.54. The highest BCUT2D eigenvalue weighted by molar-refractivity contribution is 7.80. The van der Waals surface area contributed by atoms with Crippen molar-refractivity contribution >= 4 is 22.9 Å². The Bertz CT molecular complexity index is 793. The first-order chi connectivity index (χ1) is 10.2. The van der Waals surface area contributed by atoms with Gasteiger partial charge in [-0.05, 0) is 36.4 Å². The highest BCUT2D eigenvalue weighted by Gasteiger charge is 2.14. The van der Waals surface area contributed by atoms with Crippen molar-refractivity contribution in [2.24, 2.45) is 5.73 Å². The van der Waals surface area contributed by atoms with Gasteiger partial charge in [0, 0.05) is 18.2 Å². The van der Waals surface area contributed by atoms with Gasteiger partial charge >= 0.3 is 0 Å². The molecule has 0 aliphatic heterocycles. The van der Waals surface area contributed by atoms with Gasteiger partial charge in [0.05, 0.1) is 23.5 Å². The predicted molar refractivity (Wildman–Crippen MR) is 87.7 cm³/mol. The van der Waals surface area contributed by atoms with Crippen molar-refractivity contribution in [1.82, 2.24) is 9.38 Å². The Morgan fingerprint density at radius 2 is 2.00 bits per heavy atom. The molecule has 3 aromatic rings. The van der Waals surface area contributed by atoms with Crippen LogP contribution in [0.2, 0.25) is 0 Å². The quantitative estimate of drug-likeness (QED) is 0.752. The van der Waals surface area contributed by atoms with Gasteiger partial charge in [-0.1, -0.05) is 18.3 Å². The van der Waals surface area contributed by atoms with Crippen LogP contribution >= 0.6 is 12.2 Å². The monoisotopic (exact) mass is 297 g/mol. The van der Waals surface area contributed by atoms with E-state index in [9.17, 15) is 0 Å². The van der Waals surface area contributed by atoms with Crippen molar-refractivity contribution in [3.05, 3.63) is 54.4 Å². The van der Waals surface area contributed by atoms with Gasteiger partial charge in [-0.15, -0.1) is 0 Å². The first-order valence-corrected chi connectivity index (χ1v) is 6.98. The third-order valence-corrected chi connectivity index (χ3v) is 3.48. The van der Waals surface area contributed by atoms with E-state index in [1.807, 2.05) is 53.1 Å². The maximum Gasteiger partial charge on any atom is 0.137 e. The summed E-state index contributed by atoms with van der Waals surface area (Å²) in [6, 6.07) is 13.7. The summed E-state index contributed by atoms with van der Waals surface area (Å²) < 4.78 is 7.22. The van der Waals surface area contributed by atoms with E-state index in [-0.39, 0.29) is 0 Å². The zero-order valence-corrected chi connectivity index (χ0v) is 12.4. The molecule has 5 heteroatoms. The highest BCUT2D eigenvalue weighted by Crippen LogP contribution is 2.26. The highest BCUT2D eigenvalue weighted by atomic mass is 32.1. The molecule has 0 amide bonds. The standard InChI is InChI=1S/C16H15N3OS/c1-20-12-7-5-11(6-8-12)16-13(10-14(17)21)19-9-3-2-4-15(19)18-16/h2-9H,10H2,1H3,(H2,17,21). The maximum atomic E-state index is 5.74. The Kier molecular flexibility index (Phi) is 3.58. The van der Waals surface area contributed by atoms with Gasteiger partial charge in [-0.2, -0.15) is 0 Å². The molecule has 2 N–H and O–H groups in total. The second kappa shape index (κ2) is 5.54. The second-order valence-electron chi connectivity index (χ2n) is 4.71. The van der Waals surface area contributed by atoms with Gasteiger partial charge in [0.2, 0.25) is 0 Å². The van der Waals surface area contributed by atoms with Gasteiger partial charge in [0.25, 0.3) is 0 Å². The van der Waals surface area contributed by atoms with Gasteiger partial charge in [-0.3, -0.25) is 0 Å². The summed E-state index contributed by atoms with van der Waals surface area (Å²) in [4.78, 5) is 5.15. The van der Waals surface area contributed by atoms with Crippen molar-refractivity contribution in [3.63, 3.8) is 0 Å². The average molecular weight is 297 g/mol. The van der Waals surface area contributed by atoms with Crippen molar-refractivity contribution in [3.8, 4) is 17.0 Å². The number of hydrogen-bond acceptors (Lipinski definition) is 3. The summed E-state index contributed by atoms with van der Waals surface area (Å²) in [5.74, 6) is 0.818. The summed E-state index contributed by atoms with van der Waals surface area (Å²) >= 11 is 5.07. The normalized spacial score (nSPS) is 10.7. The molecule has 2 heterocycles. The lowest BCUT2D eigenvalue weighted by molar-refractivity contribution is 0.415. The molecule has 0 radical (unpaired) electrons. The fraction of sp³-hybridized carbons (Fsp3) is 0.125. The van der Waals surface area contributed by atoms with Crippen molar-refractivity contribution in [1.29, 1.82) is 0 Å². The lowest BCUT2D eigenvalue weighted by atomic mass is 10.1. The van der Waals surface area contributed by atoms with Crippen LogP contribution in [-0.2, 0) is 6.42 Å². The number of hydrogen-bond donors (Lipinski definition) is 1. The zero-order valence-electron chi connectivity index (χ0n) is 11.6. The number of fused-ring (bicyclic) bond motifs is 1. The average Bonchev–Trinajstić information content (AvgIpc) is 2.86. The predicted octanol–water partition coefficient (Wildman–Crippen LogP) is 2.84. The van der Waals surface area contributed by atoms with Crippen LogP contribution in [0.5, 0.6) is 5.75 Å². The number of aromatic nitrogens is 2. The molecule has 4 nitrogen and oxygen atoms in total. The van der Waals surface area contributed by atoms with Crippen molar-refractivity contribution in [2.45, 2.75) is 6.42 Å². The Hall–Kier alpha value is -2.40. The van der Waals surface area contributed by atoms with E-state index < -0.39 is 0 Å². The molecule has 3 rings (SSSR count). The molecule has 0 bridgehead atoms. The molecule has 106 valence electrons. The summed E-state index contributed by atoms with van der Waals surface area (Å²) in [6.07, 6.45) is 2.49. The molecular weight excluding hydrogens is 282 g/mol. The summed E-state index contributed by atoms with van der Waals surface area (Å²) in [6.45, 7) is 0. The van der Waals surface area contributed by atoms with E-state index in [0.717, 1.165) is 28.3 Å². The smallest absolute Gasteiger partial charge is 0.137 e. The van der Waals surface area contributed by atoms with E-state index in [0.29, 0.717) is 11.4 Å². The molecule has 0 atom stereocenters. The topological polar surface area (TPSA) is 52.5 Å². The number of ether oxygens (including phenoxy) is 1. The Morgan fingerprint density at radius 3 is 2.67 bits per heavy atom. The van der Waals surface area contributed by atoms with Gasteiger partial charge < -0.3 is 14.9 Å². The minimum atomic E-state index is 0.454. The van der Waals surface area contributed by atoms with Crippen LogP contribution < -0.4 is 10.5 Å².